The van der Waals surface area contributed by atoms with Crippen molar-refractivity contribution in [3.63, 3.8) is 0 Å². The minimum Gasteiger partial charge on any atom is -0.337 e. The SMILES string of the molecule is CC(C)(C)c1ccc(C(N)OC(N)c2ccc(-c3ccccc3)cc2)cc1. The highest BCUT2D eigenvalue weighted by Crippen LogP contribution is 2.26. The van der Waals surface area contributed by atoms with Gasteiger partial charge in [-0.3, -0.25) is 0 Å². The second-order valence-corrected chi connectivity index (χ2v) is 7.84. The molecule has 4 N–H and O–H groups in total. The van der Waals surface area contributed by atoms with Gasteiger partial charge >= 0.3 is 0 Å². The molecule has 3 rings (SSSR count). The molecule has 0 aliphatic heterocycles. The van der Waals surface area contributed by atoms with Crippen LogP contribution < -0.4 is 11.5 Å². The van der Waals surface area contributed by atoms with Crippen molar-refractivity contribution in [1.82, 2.24) is 0 Å². The van der Waals surface area contributed by atoms with Crippen molar-refractivity contribution < 1.29 is 4.74 Å². The van der Waals surface area contributed by atoms with E-state index < -0.39 is 12.5 Å². The minimum absolute atomic E-state index is 0.111. The van der Waals surface area contributed by atoms with Gasteiger partial charge in [0.25, 0.3) is 0 Å². The van der Waals surface area contributed by atoms with Crippen molar-refractivity contribution in [1.29, 1.82) is 0 Å². The summed E-state index contributed by atoms with van der Waals surface area (Å²) >= 11 is 0. The van der Waals surface area contributed by atoms with Gasteiger partial charge < -0.3 is 16.2 Å². The number of benzene rings is 3. The zero-order valence-electron chi connectivity index (χ0n) is 16.2. The molecule has 27 heavy (non-hydrogen) atoms. The molecule has 3 aromatic carbocycles. The van der Waals surface area contributed by atoms with Crippen LogP contribution in [0.1, 0.15) is 49.9 Å². The van der Waals surface area contributed by atoms with Gasteiger partial charge in [0.05, 0.1) is 0 Å². The van der Waals surface area contributed by atoms with Crippen molar-refractivity contribution in [3.05, 3.63) is 95.6 Å². The molecule has 0 spiro atoms. The van der Waals surface area contributed by atoms with Gasteiger partial charge in [-0.05, 0) is 33.2 Å². The molecule has 0 bridgehead atoms. The summed E-state index contributed by atoms with van der Waals surface area (Å²) in [6.07, 6.45) is -1.14. The number of hydrogen-bond acceptors (Lipinski definition) is 3. The molecule has 3 aromatic rings. The second kappa shape index (κ2) is 8.05. The topological polar surface area (TPSA) is 61.3 Å². The Labute approximate surface area is 162 Å². The fourth-order valence-electron chi connectivity index (χ4n) is 2.98. The fourth-order valence-corrected chi connectivity index (χ4v) is 2.98. The molecule has 0 radical (unpaired) electrons. The Bertz CT molecular complexity index is 850. The quantitative estimate of drug-likeness (QED) is 0.608. The van der Waals surface area contributed by atoms with Gasteiger partial charge in [-0.15, -0.1) is 0 Å². The van der Waals surface area contributed by atoms with Gasteiger partial charge in [0.15, 0.2) is 0 Å². The van der Waals surface area contributed by atoms with Gasteiger partial charge in [0.1, 0.15) is 12.5 Å². The first-order chi connectivity index (χ1) is 12.8. The molecule has 0 heterocycles. The van der Waals surface area contributed by atoms with Crippen LogP contribution >= 0.6 is 0 Å². The maximum Gasteiger partial charge on any atom is 0.134 e. The van der Waals surface area contributed by atoms with E-state index in [1.807, 2.05) is 42.5 Å². The number of nitrogens with two attached hydrogens (primary N) is 2. The van der Waals surface area contributed by atoms with Gasteiger partial charge in [-0.2, -0.15) is 0 Å². The van der Waals surface area contributed by atoms with Crippen LogP contribution in [-0.2, 0) is 10.2 Å². The van der Waals surface area contributed by atoms with Crippen LogP contribution in [0.2, 0.25) is 0 Å². The molecule has 0 fully saturated rings. The third kappa shape index (κ3) is 4.83. The van der Waals surface area contributed by atoms with Crippen LogP contribution in [0, 0.1) is 0 Å². The van der Waals surface area contributed by atoms with Crippen LogP contribution in [0.4, 0.5) is 0 Å². The number of rotatable bonds is 5. The van der Waals surface area contributed by atoms with Crippen LogP contribution in [0.15, 0.2) is 78.9 Å². The molecule has 3 heteroatoms. The second-order valence-electron chi connectivity index (χ2n) is 7.84. The van der Waals surface area contributed by atoms with E-state index >= 15 is 0 Å². The van der Waals surface area contributed by atoms with Crippen LogP contribution in [0.5, 0.6) is 0 Å². The molecule has 0 amide bonds. The monoisotopic (exact) mass is 360 g/mol. The Morgan fingerprint density at radius 1 is 0.630 bits per heavy atom. The van der Waals surface area contributed by atoms with E-state index in [0.29, 0.717) is 0 Å². The van der Waals surface area contributed by atoms with Crippen LogP contribution in [0.25, 0.3) is 11.1 Å². The lowest BCUT2D eigenvalue weighted by molar-refractivity contribution is -0.00832. The van der Waals surface area contributed by atoms with Crippen LogP contribution in [0.3, 0.4) is 0 Å². The summed E-state index contributed by atoms with van der Waals surface area (Å²) in [7, 11) is 0. The lowest BCUT2D eigenvalue weighted by atomic mass is 9.86. The molecular formula is C24H28N2O. The third-order valence-corrected chi connectivity index (χ3v) is 4.74. The molecule has 2 atom stereocenters. The average molecular weight is 361 g/mol. The lowest BCUT2D eigenvalue weighted by Gasteiger charge is -2.22. The molecule has 0 saturated carbocycles. The Balaban J connectivity index is 1.67. The normalized spacial score (nSPS) is 14.0. The predicted molar refractivity (Wildman–Crippen MR) is 112 cm³/mol. The molecule has 0 aliphatic carbocycles. The Hall–Kier alpha value is -2.46. The number of ether oxygens (including phenoxy) is 1. The highest BCUT2D eigenvalue weighted by Gasteiger charge is 2.16. The average Bonchev–Trinajstić information content (AvgIpc) is 2.68. The summed E-state index contributed by atoms with van der Waals surface area (Å²) in [5.41, 5.74) is 17.9. The van der Waals surface area contributed by atoms with Crippen molar-refractivity contribution in [2.24, 2.45) is 11.5 Å². The fraction of sp³-hybridized carbons (Fsp3) is 0.250. The molecule has 2 unspecified atom stereocenters. The molecular weight excluding hydrogens is 332 g/mol. The van der Waals surface area contributed by atoms with Gasteiger partial charge in [0, 0.05) is 0 Å². The van der Waals surface area contributed by atoms with Crippen molar-refractivity contribution in [2.45, 2.75) is 38.6 Å². The van der Waals surface area contributed by atoms with E-state index in [9.17, 15) is 0 Å². The van der Waals surface area contributed by atoms with Crippen molar-refractivity contribution in [3.8, 4) is 11.1 Å². The Morgan fingerprint density at radius 3 is 1.56 bits per heavy atom. The molecule has 0 aliphatic rings. The first-order valence-electron chi connectivity index (χ1n) is 9.27. The smallest absolute Gasteiger partial charge is 0.134 e. The summed E-state index contributed by atoms with van der Waals surface area (Å²) in [4.78, 5) is 0. The standard InChI is InChI=1S/C24H28N2O/c1-24(2,3)21-15-13-20(14-16-21)23(26)27-22(25)19-11-9-18(10-12-19)17-7-5-4-6-8-17/h4-16,22-23H,25-26H2,1-3H3. The zero-order chi connectivity index (χ0) is 19.4. The Morgan fingerprint density at radius 2 is 1.07 bits per heavy atom. The molecule has 140 valence electrons. The summed E-state index contributed by atoms with van der Waals surface area (Å²) in [5, 5.41) is 0. The Kier molecular flexibility index (Phi) is 5.76. The van der Waals surface area contributed by atoms with Gasteiger partial charge in [0.2, 0.25) is 0 Å². The van der Waals surface area contributed by atoms with Gasteiger partial charge in [-0.1, -0.05) is 99.6 Å². The summed E-state index contributed by atoms with van der Waals surface area (Å²) in [6, 6.07) is 26.5. The molecule has 0 saturated heterocycles. The van der Waals surface area contributed by atoms with Gasteiger partial charge in [-0.25, -0.2) is 0 Å². The van der Waals surface area contributed by atoms with Crippen LogP contribution in [-0.4, -0.2) is 0 Å². The first kappa shape index (κ1) is 19.3. The van der Waals surface area contributed by atoms with E-state index in [1.54, 1.807) is 0 Å². The van der Waals surface area contributed by atoms with Crippen molar-refractivity contribution >= 4 is 0 Å². The van der Waals surface area contributed by atoms with E-state index in [1.165, 1.54) is 11.1 Å². The highest BCUT2D eigenvalue weighted by atomic mass is 16.5. The zero-order valence-corrected chi connectivity index (χ0v) is 16.2. The highest BCUT2D eigenvalue weighted by molar-refractivity contribution is 5.63. The summed E-state index contributed by atoms with van der Waals surface area (Å²) < 4.78 is 5.85. The molecule has 0 aromatic heterocycles. The first-order valence-corrected chi connectivity index (χ1v) is 9.27. The molecule has 3 nitrogen and oxygen atoms in total. The maximum absolute atomic E-state index is 6.22. The lowest BCUT2D eigenvalue weighted by Crippen LogP contribution is -2.23. The predicted octanol–water partition coefficient (Wildman–Crippen LogP) is 5.28. The van der Waals surface area contributed by atoms with E-state index in [-0.39, 0.29) is 5.41 Å². The largest absolute Gasteiger partial charge is 0.337 e. The summed E-state index contributed by atoms with van der Waals surface area (Å²) in [5.74, 6) is 0. The summed E-state index contributed by atoms with van der Waals surface area (Å²) in [6.45, 7) is 6.56. The number of hydrogen-bond donors (Lipinski definition) is 2. The minimum atomic E-state index is -0.577. The third-order valence-electron chi connectivity index (χ3n) is 4.74. The van der Waals surface area contributed by atoms with E-state index in [4.69, 9.17) is 16.2 Å². The maximum atomic E-state index is 6.22. The van der Waals surface area contributed by atoms with E-state index in [2.05, 4.69) is 57.2 Å². The van der Waals surface area contributed by atoms with E-state index in [0.717, 1.165) is 16.7 Å². The van der Waals surface area contributed by atoms with Crippen molar-refractivity contribution in [2.75, 3.05) is 0 Å².